The molecule has 0 radical (unpaired) electrons. The number of rotatable bonds is 10. The van der Waals surface area contributed by atoms with Crippen molar-refractivity contribution >= 4 is 80.5 Å². The smallest absolute Gasteiger partial charge is 0.310 e. The molecule has 10 atom stereocenters. The van der Waals surface area contributed by atoms with Crippen molar-refractivity contribution < 1.29 is 72.5 Å². The van der Waals surface area contributed by atoms with Gasteiger partial charge >= 0.3 is 17.7 Å². The number of aldehydes is 2. The first-order valence-electron chi connectivity index (χ1n) is 25.4. The Balaban J connectivity index is 1.33. The fourth-order valence-corrected chi connectivity index (χ4v) is 9.98. The van der Waals surface area contributed by atoms with Gasteiger partial charge in [-0.15, -0.1) is 0 Å². The summed E-state index contributed by atoms with van der Waals surface area (Å²) in [5, 5.41) is 49.2. The predicted molar refractivity (Wildman–Crippen MR) is 283 cm³/mol. The maximum absolute atomic E-state index is 15.0. The number of phenols is 1. The summed E-state index contributed by atoms with van der Waals surface area (Å²) in [6, 6.07) is 2.91. The summed E-state index contributed by atoms with van der Waals surface area (Å²) in [7, 11) is 0. The number of aromatic hydroxyl groups is 1. The second kappa shape index (κ2) is 22.8. The zero-order chi connectivity index (χ0) is 56.5. The lowest BCUT2D eigenvalue weighted by atomic mass is 9.77. The van der Waals surface area contributed by atoms with Gasteiger partial charge in [0.15, 0.2) is 28.3 Å². The number of anilines is 2. The van der Waals surface area contributed by atoms with Gasteiger partial charge in [-0.2, -0.15) is 0 Å². The highest BCUT2D eigenvalue weighted by molar-refractivity contribution is 6.17. The molecule has 5 bridgehead atoms. The Labute approximate surface area is 443 Å². The van der Waals surface area contributed by atoms with Crippen molar-refractivity contribution in [3.8, 4) is 11.5 Å². The van der Waals surface area contributed by atoms with Crippen LogP contribution in [0.4, 0.5) is 11.4 Å². The Morgan fingerprint density at radius 2 is 1.60 bits per heavy atom. The third-order valence-electron chi connectivity index (χ3n) is 14.9. The Hall–Kier alpha value is -7.78. The summed E-state index contributed by atoms with van der Waals surface area (Å²) >= 11 is 0. The standard InChI is InChI=1S/C56H66N4O17/c1-26-15-20-72-56(11)54(70)43-41-42(49(68)32(7)52(43)77-56)50(69)46(58-55(71)28(3)14-12-13-27(2)47(66)30(5)48(67)31(6)51(29(26)4)74-34(9)63)53-45(41)57-44-38(64)22-37(23-39(44)76-53)60-18-16-59(17-19-60)33(8)73-35(10)75-40(65)21-36(24-61)25-62/h12-15,20,22-27,29-31,35-36,47-48,51,66-68,70H,8,16-19,21H2,1-7,9-11H3,(H,58,71)/b13-12+,20-15+,28-14-/t26-,27-,29+,30+,31+,35?,47-,48+,51+,56-/m0/s1. The van der Waals surface area contributed by atoms with Crippen LogP contribution in [-0.2, 0) is 42.9 Å². The van der Waals surface area contributed by atoms with E-state index >= 15 is 0 Å². The van der Waals surface area contributed by atoms with Gasteiger partial charge in [0.05, 0.1) is 41.4 Å². The van der Waals surface area contributed by atoms with Gasteiger partial charge in [0.1, 0.15) is 41.4 Å². The van der Waals surface area contributed by atoms with Gasteiger partial charge < -0.3 is 73.2 Å². The lowest BCUT2D eigenvalue weighted by molar-refractivity contribution is -0.173. The van der Waals surface area contributed by atoms with E-state index in [9.17, 15) is 54.0 Å². The number of nitrogens with zero attached hydrogens (tertiary/aromatic N) is 3. The van der Waals surface area contributed by atoms with E-state index < -0.39 is 112 Å². The highest BCUT2D eigenvalue weighted by Gasteiger charge is 2.44. The first-order valence-corrected chi connectivity index (χ1v) is 25.4. The number of hydrogen-bond acceptors (Lipinski definition) is 20. The van der Waals surface area contributed by atoms with Crippen LogP contribution in [0.5, 0.6) is 11.5 Å². The van der Waals surface area contributed by atoms with Crippen LogP contribution in [0.15, 0.2) is 74.7 Å². The second-order valence-electron chi connectivity index (χ2n) is 20.4. The van der Waals surface area contributed by atoms with Gasteiger partial charge in [-0.1, -0.05) is 52.8 Å². The van der Waals surface area contributed by atoms with Crippen LogP contribution in [0, 0.1) is 42.4 Å². The van der Waals surface area contributed by atoms with Crippen LogP contribution in [0.3, 0.4) is 0 Å². The SMILES string of the molecule is C=C(OC(C)OC(=O)CC(C=O)C=O)N1CCN(c2cc(=O)c3nc4c(oc3c2)c2c(=O)c3c(O)c(C)c5c(c34)=C(O)[C@@](C)(O/C=C/[C@H](C)[C@@H](C)[C@@H](OC(C)=O)[C@H](C)[C@H](O)[C@H](C)[C@@H](O)[C@@H](C)/C=C/C=C(/C)C(=O)N2)O5)CC1. The third-order valence-corrected chi connectivity index (χ3v) is 14.9. The number of carbonyl (C=O) groups excluding carboxylic acids is 5. The van der Waals surface area contributed by atoms with E-state index in [1.54, 1.807) is 50.0 Å². The van der Waals surface area contributed by atoms with E-state index in [-0.39, 0.29) is 66.9 Å². The van der Waals surface area contributed by atoms with Crippen molar-refractivity contribution in [1.29, 1.82) is 0 Å². The minimum atomic E-state index is -1.99. The number of hydrogen-bond donors (Lipinski definition) is 5. The number of piperazine rings is 1. The summed E-state index contributed by atoms with van der Waals surface area (Å²) < 4.78 is 35.6. The third kappa shape index (κ3) is 11.4. The Morgan fingerprint density at radius 3 is 2.25 bits per heavy atom. The summed E-state index contributed by atoms with van der Waals surface area (Å²) in [6.45, 7) is 21.2. The van der Waals surface area contributed by atoms with Gasteiger partial charge in [0.25, 0.3) is 5.91 Å². The molecule has 5 N–H and O–H groups in total. The molecule has 0 saturated carbocycles. The Morgan fingerprint density at radius 1 is 0.922 bits per heavy atom. The van der Waals surface area contributed by atoms with Crippen molar-refractivity contribution in [3.05, 3.63) is 92.0 Å². The number of amides is 1. The van der Waals surface area contributed by atoms with Gasteiger partial charge in [0.2, 0.25) is 17.1 Å². The van der Waals surface area contributed by atoms with Gasteiger partial charge in [0, 0.05) is 99.0 Å². The molecule has 1 amide bonds. The van der Waals surface area contributed by atoms with Crippen LogP contribution >= 0.6 is 0 Å². The number of fused-ring (bicyclic) bond motifs is 5. The second-order valence-corrected chi connectivity index (χ2v) is 20.4. The minimum absolute atomic E-state index is 0.0278. The van der Waals surface area contributed by atoms with E-state index in [0.29, 0.717) is 44.4 Å². The molecule has 3 aromatic carbocycles. The lowest BCUT2D eigenvalue weighted by Gasteiger charge is -2.38. The number of aliphatic hydroxyl groups is 3. The molecule has 4 aromatic rings. The topological polar surface area (TPSA) is 291 Å². The number of esters is 2. The molecular weight excluding hydrogens is 1000 g/mol. The van der Waals surface area contributed by atoms with Gasteiger partial charge in [-0.05, 0) is 38.3 Å². The summed E-state index contributed by atoms with van der Waals surface area (Å²) in [4.78, 5) is 98.3. The number of ether oxygens (including phenoxy) is 5. The molecule has 0 spiro atoms. The van der Waals surface area contributed by atoms with Gasteiger partial charge in [-0.3, -0.25) is 24.0 Å². The molecule has 412 valence electrons. The van der Waals surface area contributed by atoms with Crippen molar-refractivity contribution in [3.63, 3.8) is 0 Å². The number of aromatic nitrogens is 1. The molecule has 1 fully saturated rings. The predicted octanol–water partition coefficient (Wildman–Crippen LogP) is 5.08. The summed E-state index contributed by atoms with van der Waals surface area (Å²) in [5.41, 5.74) is -2.20. The number of carbonyl (C=O) groups is 5. The van der Waals surface area contributed by atoms with Crippen molar-refractivity contribution in [2.75, 3.05) is 36.4 Å². The van der Waals surface area contributed by atoms with Crippen LogP contribution in [0.25, 0.3) is 38.7 Å². The van der Waals surface area contributed by atoms with Crippen molar-refractivity contribution in [2.24, 2.45) is 35.5 Å². The monoisotopic (exact) mass is 1070 g/mol. The molecule has 3 aliphatic rings. The van der Waals surface area contributed by atoms with Crippen molar-refractivity contribution in [1.82, 2.24) is 9.88 Å². The molecule has 77 heavy (non-hydrogen) atoms. The van der Waals surface area contributed by atoms with Crippen molar-refractivity contribution in [2.45, 2.75) is 106 Å². The van der Waals surface area contributed by atoms with Crippen LogP contribution in [-0.4, -0.2) is 117 Å². The zero-order valence-corrected chi connectivity index (χ0v) is 44.7. The van der Waals surface area contributed by atoms with E-state index in [1.807, 2.05) is 18.7 Å². The summed E-state index contributed by atoms with van der Waals surface area (Å²) in [5.74, 6) is -8.99. The largest absolute Gasteiger partial charge is 0.507 e. The fourth-order valence-electron chi connectivity index (χ4n) is 9.98. The lowest BCUT2D eigenvalue weighted by Crippen LogP contribution is -2.46. The van der Waals surface area contributed by atoms with Crippen LogP contribution in [0.1, 0.15) is 74.3 Å². The number of nitrogens with one attached hydrogen (secondary N) is 1. The highest BCUT2D eigenvalue weighted by atomic mass is 16.7. The Kier molecular flexibility index (Phi) is 16.9. The fraction of sp³-hybridized carbons (Fsp3) is 0.464. The molecule has 1 aromatic heterocycles. The molecule has 1 unspecified atom stereocenters. The maximum Gasteiger partial charge on any atom is 0.310 e. The molecule has 21 nitrogen and oxygen atoms in total. The first kappa shape index (κ1) is 56.9. The van der Waals surface area contributed by atoms with E-state index in [0.717, 1.165) is 0 Å². The number of aliphatic hydroxyl groups excluding tert-OH is 3. The number of phenolic OH excluding ortho intramolecular Hbond substituents is 1. The Bertz CT molecular complexity index is 3300. The van der Waals surface area contributed by atoms with Gasteiger partial charge in [-0.25, -0.2) is 4.98 Å². The maximum atomic E-state index is 15.0. The average Bonchev–Trinajstić information content (AvgIpc) is 3.92. The summed E-state index contributed by atoms with van der Waals surface area (Å²) in [6.07, 6.45) is 3.76. The molecule has 7 rings (SSSR count). The normalized spacial score (nSPS) is 27.3. The van der Waals surface area contributed by atoms with E-state index in [1.165, 1.54) is 53.0 Å². The van der Waals surface area contributed by atoms with Crippen LogP contribution in [0.2, 0.25) is 0 Å². The number of benzene rings is 3. The van der Waals surface area contributed by atoms with Crippen LogP contribution < -0.4 is 31.0 Å². The molecule has 21 heteroatoms. The van der Waals surface area contributed by atoms with E-state index in [2.05, 4.69) is 11.9 Å². The minimum Gasteiger partial charge on any atom is -0.507 e. The van der Waals surface area contributed by atoms with E-state index in [4.69, 9.17) is 33.1 Å². The average molecular weight is 1070 g/mol. The molecule has 4 heterocycles. The highest BCUT2D eigenvalue weighted by Crippen LogP contribution is 2.42. The quantitative estimate of drug-likeness (QED) is 0.0263. The molecule has 0 aliphatic carbocycles. The molecule has 3 aliphatic heterocycles. The first-order chi connectivity index (χ1) is 36.3. The molecular formula is C56H66N4O17. The zero-order valence-electron chi connectivity index (χ0n) is 44.7. The number of allylic oxidation sites excluding steroid dienone is 3. The molecule has 1 saturated heterocycles.